The van der Waals surface area contributed by atoms with E-state index in [4.69, 9.17) is 4.74 Å². The summed E-state index contributed by atoms with van der Waals surface area (Å²) in [4.78, 5) is 0. The summed E-state index contributed by atoms with van der Waals surface area (Å²) in [5, 5.41) is 13.2. The van der Waals surface area contributed by atoms with E-state index in [0.717, 1.165) is 16.8 Å². The van der Waals surface area contributed by atoms with Crippen LogP contribution < -0.4 is 10.1 Å². The van der Waals surface area contributed by atoms with Crippen molar-refractivity contribution >= 4 is 15.9 Å². The third-order valence-corrected chi connectivity index (χ3v) is 3.74. The molecule has 0 spiro atoms. The van der Waals surface area contributed by atoms with Crippen molar-refractivity contribution in [2.24, 2.45) is 0 Å². The Hall–Kier alpha value is -1.36. The van der Waals surface area contributed by atoms with Gasteiger partial charge in [0.15, 0.2) is 0 Å². The van der Waals surface area contributed by atoms with Gasteiger partial charge in [0, 0.05) is 17.6 Å². The molecular formula is C17H20BrNO2. The van der Waals surface area contributed by atoms with Crippen LogP contribution in [-0.2, 0) is 6.54 Å². The highest BCUT2D eigenvalue weighted by Gasteiger charge is 2.05. The summed E-state index contributed by atoms with van der Waals surface area (Å²) in [7, 11) is 0. The van der Waals surface area contributed by atoms with Gasteiger partial charge in [-0.05, 0) is 42.3 Å². The molecule has 0 aromatic heterocycles. The predicted molar refractivity (Wildman–Crippen MR) is 88.5 cm³/mol. The molecule has 21 heavy (non-hydrogen) atoms. The lowest BCUT2D eigenvalue weighted by molar-refractivity contribution is 0.106. The lowest BCUT2D eigenvalue weighted by Crippen LogP contribution is -2.31. The van der Waals surface area contributed by atoms with Gasteiger partial charge in [-0.3, -0.25) is 0 Å². The zero-order chi connectivity index (χ0) is 15.1. The largest absolute Gasteiger partial charge is 0.491 e. The first-order chi connectivity index (χ1) is 10.1. The molecule has 2 aromatic rings. The Morgan fingerprint density at radius 2 is 1.86 bits per heavy atom. The molecule has 0 radical (unpaired) electrons. The van der Waals surface area contributed by atoms with Crippen LogP contribution in [0.3, 0.4) is 0 Å². The van der Waals surface area contributed by atoms with Crippen molar-refractivity contribution in [2.45, 2.75) is 19.6 Å². The van der Waals surface area contributed by atoms with Crippen molar-refractivity contribution in [3.8, 4) is 5.75 Å². The minimum atomic E-state index is -0.530. The molecule has 4 heteroatoms. The van der Waals surface area contributed by atoms with Crippen LogP contribution in [0, 0.1) is 6.92 Å². The fourth-order valence-electron chi connectivity index (χ4n) is 1.96. The molecule has 1 unspecified atom stereocenters. The van der Waals surface area contributed by atoms with Crippen LogP contribution in [0.25, 0.3) is 0 Å². The first-order valence-electron chi connectivity index (χ1n) is 6.97. The maximum Gasteiger partial charge on any atom is 0.119 e. The summed E-state index contributed by atoms with van der Waals surface area (Å²) in [6.45, 7) is 3.62. The Morgan fingerprint density at radius 3 is 2.57 bits per heavy atom. The summed E-state index contributed by atoms with van der Waals surface area (Å²) in [6.07, 6.45) is -0.530. The van der Waals surface area contributed by atoms with Gasteiger partial charge >= 0.3 is 0 Å². The summed E-state index contributed by atoms with van der Waals surface area (Å²) >= 11 is 3.37. The van der Waals surface area contributed by atoms with Crippen molar-refractivity contribution in [3.05, 3.63) is 64.1 Å². The second kappa shape index (κ2) is 8.17. The van der Waals surface area contributed by atoms with Crippen LogP contribution in [0.4, 0.5) is 0 Å². The average Bonchev–Trinajstić information content (AvgIpc) is 2.49. The summed E-state index contributed by atoms with van der Waals surface area (Å²) in [5.74, 6) is 0.760. The van der Waals surface area contributed by atoms with E-state index in [1.165, 1.54) is 11.1 Å². The minimum Gasteiger partial charge on any atom is -0.491 e. The van der Waals surface area contributed by atoms with Crippen molar-refractivity contribution in [1.82, 2.24) is 5.32 Å². The average molecular weight is 350 g/mol. The molecule has 0 fully saturated rings. The number of halogens is 1. The van der Waals surface area contributed by atoms with Gasteiger partial charge in [-0.1, -0.05) is 40.2 Å². The van der Waals surface area contributed by atoms with Crippen molar-refractivity contribution < 1.29 is 9.84 Å². The van der Waals surface area contributed by atoms with E-state index in [1.807, 2.05) is 36.4 Å². The van der Waals surface area contributed by atoms with Gasteiger partial charge < -0.3 is 15.2 Å². The molecule has 0 aliphatic heterocycles. The molecule has 2 aromatic carbocycles. The van der Waals surface area contributed by atoms with Crippen LogP contribution in [-0.4, -0.2) is 24.4 Å². The molecule has 0 aliphatic carbocycles. The Bertz CT molecular complexity index is 557. The fourth-order valence-corrected chi connectivity index (χ4v) is 2.23. The quantitative estimate of drug-likeness (QED) is 0.805. The first-order valence-corrected chi connectivity index (χ1v) is 7.76. The molecule has 1 atom stereocenters. The van der Waals surface area contributed by atoms with Gasteiger partial charge in [-0.15, -0.1) is 0 Å². The number of nitrogens with one attached hydrogen (secondary N) is 1. The van der Waals surface area contributed by atoms with E-state index < -0.39 is 6.10 Å². The highest BCUT2D eigenvalue weighted by atomic mass is 79.9. The third-order valence-electron chi connectivity index (χ3n) is 3.21. The number of aryl methyl sites for hydroxylation is 1. The molecule has 0 heterocycles. The molecule has 112 valence electrons. The SMILES string of the molecule is Cc1ccccc1CNCC(O)COc1ccc(Br)cc1. The second-order valence-electron chi connectivity index (χ2n) is 4.98. The van der Waals surface area contributed by atoms with Crippen molar-refractivity contribution in [3.63, 3.8) is 0 Å². The molecule has 0 saturated heterocycles. The number of aliphatic hydroxyl groups is 1. The highest BCUT2D eigenvalue weighted by Crippen LogP contribution is 2.16. The number of aliphatic hydroxyl groups excluding tert-OH is 1. The summed E-state index contributed by atoms with van der Waals surface area (Å²) in [6, 6.07) is 15.8. The molecular weight excluding hydrogens is 330 g/mol. The maximum absolute atomic E-state index is 9.92. The Labute approximate surface area is 134 Å². The zero-order valence-electron chi connectivity index (χ0n) is 12.1. The van der Waals surface area contributed by atoms with Crippen LogP contribution >= 0.6 is 15.9 Å². The number of hydrogen-bond acceptors (Lipinski definition) is 3. The monoisotopic (exact) mass is 349 g/mol. The van der Waals surface area contributed by atoms with Crippen LogP contribution in [0.2, 0.25) is 0 Å². The van der Waals surface area contributed by atoms with Crippen LogP contribution in [0.5, 0.6) is 5.75 Å². The topological polar surface area (TPSA) is 41.5 Å². The normalized spacial score (nSPS) is 12.1. The maximum atomic E-state index is 9.92. The number of ether oxygens (including phenoxy) is 1. The van der Waals surface area contributed by atoms with Crippen LogP contribution in [0.15, 0.2) is 53.0 Å². The predicted octanol–water partition coefficient (Wildman–Crippen LogP) is 3.29. The van der Waals surface area contributed by atoms with Crippen molar-refractivity contribution in [1.29, 1.82) is 0 Å². The lowest BCUT2D eigenvalue weighted by atomic mass is 10.1. The van der Waals surface area contributed by atoms with Gasteiger partial charge in [0.05, 0.1) is 0 Å². The zero-order valence-corrected chi connectivity index (χ0v) is 13.6. The Kier molecular flexibility index (Phi) is 6.23. The van der Waals surface area contributed by atoms with E-state index in [1.54, 1.807) is 0 Å². The second-order valence-corrected chi connectivity index (χ2v) is 5.89. The molecule has 2 rings (SSSR count). The van der Waals surface area contributed by atoms with Crippen molar-refractivity contribution in [2.75, 3.05) is 13.2 Å². The van der Waals surface area contributed by atoms with E-state index in [-0.39, 0.29) is 6.61 Å². The number of hydrogen-bond donors (Lipinski definition) is 2. The molecule has 0 amide bonds. The molecule has 2 N–H and O–H groups in total. The lowest BCUT2D eigenvalue weighted by Gasteiger charge is -2.14. The van der Waals surface area contributed by atoms with Gasteiger partial charge in [-0.25, -0.2) is 0 Å². The molecule has 0 aliphatic rings. The summed E-state index contributed by atoms with van der Waals surface area (Å²) < 4.78 is 6.55. The fraction of sp³-hybridized carbons (Fsp3) is 0.294. The van der Waals surface area contributed by atoms with Gasteiger partial charge in [-0.2, -0.15) is 0 Å². The smallest absolute Gasteiger partial charge is 0.119 e. The minimum absolute atomic E-state index is 0.280. The Morgan fingerprint density at radius 1 is 1.14 bits per heavy atom. The van der Waals surface area contributed by atoms with E-state index >= 15 is 0 Å². The van der Waals surface area contributed by atoms with Crippen LogP contribution in [0.1, 0.15) is 11.1 Å². The van der Waals surface area contributed by atoms with E-state index in [9.17, 15) is 5.11 Å². The molecule has 0 saturated carbocycles. The first kappa shape index (κ1) is 16.0. The Balaban J connectivity index is 1.69. The third kappa shape index (κ3) is 5.50. The van der Waals surface area contributed by atoms with E-state index in [2.05, 4.69) is 40.3 Å². The standard InChI is InChI=1S/C17H20BrNO2/c1-13-4-2-3-5-14(13)10-19-11-16(20)12-21-17-8-6-15(18)7-9-17/h2-9,16,19-20H,10-12H2,1H3. The van der Waals surface area contributed by atoms with E-state index in [0.29, 0.717) is 6.54 Å². The molecule has 3 nitrogen and oxygen atoms in total. The highest BCUT2D eigenvalue weighted by molar-refractivity contribution is 9.10. The van der Waals surface area contributed by atoms with Gasteiger partial charge in [0.25, 0.3) is 0 Å². The number of rotatable bonds is 7. The number of benzene rings is 2. The summed E-state index contributed by atoms with van der Waals surface area (Å²) in [5.41, 5.74) is 2.50. The van der Waals surface area contributed by atoms with Gasteiger partial charge in [0.1, 0.15) is 18.5 Å². The van der Waals surface area contributed by atoms with Gasteiger partial charge in [0.2, 0.25) is 0 Å². The molecule has 0 bridgehead atoms.